The van der Waals surface area contributed by atoms with E-state index in [9.17, 15) is 9.59 Å². The van der Waals surface area contributed by atoms with Gasteiger partial charge in [0.25, 0.3) is 0 Å². The maximum atomic E-state index is 13.5. The lowest BCUT2D eigenvalue weighted by molar-refractivity contribution is -0.142. The van der Waals surface area contributed by atoms with Crippen LogP contribution in [-0.4, -0.2) is 58.4 Å². The molecule has 0 radical (unpaired) electrons. The molecule has 4 rings (SSSR count). The third-order valence-electron chi connectivity index (χ3n) is 7.93. The number of aromatic amines is 1. The van der Waals surface area contributed by atoms with Crippen LogP contribution in [-0.2, 0) is 18.8 Å². The molecule has 2 heterocycles. The molecule has 1 saturated heterocycles. The summed E-state index contributed by atoms with van der Waals surface area (Å²) in [7, 11) is 0.876. The van der Waals surface area contributed by atoms with Crippen LogP contribution >= 0.6 is 0 Å². The molecule has 9 nitrogen and oxygen atoms in total. The summed E-state index contributed by atoms with van der Waals surface area (Å²) in [6.45, 7) is 11.9. The van der Waals surface area contributed by atoms with Crippen molar-refractivity contribution in [1.82, 2.24) is 20.4 Å². The zero-order chi connectivity index (χ0) is 27.0. The maximum Gasteiger partial charge on any atom is 0.494 e. The second-order valence-corrected chi connectivity index (χ2v) is 11.3. The minimum Gasteiger partial charge on any atom is -0.452 e. The third kappa shape index (κ3) is 5.55. The molecule has 0 bridgehead atoms. The van der Waals surface area contributed by atoms with Gasteiger partial charge in [-0.3, -0.25) is 4.79 Å². The number of H-pyrrole nitrogens is 1. The highest BCUT2D eigenvalue weighted by Crippen LogP contribution is 2.39. The van der Waals surface area contributed by atoms with Gasteiger partial charge in [0.15, 0.2) is 0 Å². The van der Waals surface area contributed by atoms with Crippen molar-refractivity contribution >= 4 is 24.6 Å². The topological polar surface area (TPSA) is 106 Å². The van der Waals surface area contributed by atoms with Gasteiger partial charge in [-0.1, -0.05) is 37.1 Å². The smallest absolute Gasteiger partial charge is 0.452 e. The lowest BCUT2D eigenvalue weighted by Gasteiger charge is -2.35. The molecule has 0 spiro atoms. The van der Waals surface area contributed by atoms with Crippen molar-refractivity contribution in [2.45, 2.75) is 90.4 Å². The van der Waals surface area contributed by atoms with Crippen LogP contribution in [0.25, 0.3) is 11.3 Å². The number of rotatable bonds is 5. The average Bonchev–Trinajstić information content (AvgIpc) is 3.44. The lowest BCUT2D eigenvalue weighted by Crippen LogP contribution is -2.53. The fourth-order valence-corrected chi connectivity index (χ4v) is 4.99. The van der Waals surface area contributed by atoms with Crippen molar-refractivity contribution in [3.05, 3.63) is 36.3 Å². The predicted molar refractivity (Wildman–Crippen MR) is 142 cm³/mol. The second-order valence-electron chi connectivity index (χ2n) is 11.3. The number of hydrogen-bond donors (Lipinski definition) is 2. The zero-order valence-electron chi connectivity index (χ0n) is 23.0. The first-order valence-corrected chi connectivity index (χ1v) is 13.1. The van der Waals surface area contributed by atoms with Crippen LogP contribution in [0.1, 0.15) is 79.0 Å². The van der Waals surface area contributed by atoms with E-state index in [1.807, 2.05) is 72.0 Å². The first-order valence-electron chi connectivity index (χ1n) is 13.1. The van der Waals surface area contributed by atoms with Crippen molar-refractivity contribution in [3.8, 4) is 11.3 Å². The van der Waals surface area contributed by atoms with Crippen LogP contribution in [0.3, 0.4) is 0 Å². The third-order valence-corrected chi connectivity index (χ3v) is 7.93. The van der Waals surface area contributed by atoms with Crippen molar-refractivity contribution in [3.63, 3.8) is 0 Å². The molecule has 1 aliphatic heterocycles. The summed E-state index contributed by atoms with van der Waals surface area (Å²) in [5.74, 6) is 0.345. The number of aromatic nitrogens is 2. The van der Waals surface area contributed by atoms with Gasteiger partial charge in [0.1, 0.15) is 5.82 Å². The predicted octanol–water partition coefficient (Wildman–Crippen LogP) is 4.16. The molecule has 2 fully saturated rings. The second kappa shape index (κ2) is 10.5. The number of amides is 2. The van der Waals surface area contributed by atoms with Crippen LogP contribution in [0.5, 0.6) is 0 Å². The Labute approximate surface area is 219 Å². The summed E-state index contributed by atoms with van der Waals surface area (Å²) in [5, 5.41) is 1.38. The first kappa shape index (κ1) is 27.2. The molecule has 2 amide bonds. The van der Waals surface area contributed by atoms with E-state index in [2.05, 4.69) is 15.4 Å². The summed E-state index contributed by atoms with van der Waals surface area (Å²) in [6.07, 6.45) is 4.76. The molecule has 1 unspecified atom stereocenters. The fraction of sp³-hybridized carbons (Fsp3) is 0.593. The molecule has 10 heteroatoms. The van der Waals surface area contributed by atoms with Gasteiger partial charge in [-0.05, 0) is 65.4 Å². The minimum absolute atomic E-state index is 0.0558. The van der Waals surface area contributed by atoms with Gasteiger partial charge in [0, 0.05) is 17.9 Å². The van der Waals surface area contributed by atoms with E-state index in [0.29, 0.717) is 0 Å². The number of hydrazine groups is 1. The normalized spacial score (nSPS) is 22.6. The molecular weight excluding hydrogens is 471 g/mol. The summed E-state index contributed by atoms with van der Waals surface area (Å²) >= 11 is 0. The van der Waals surface area contributed by atoms with Crippen molar-refractivity contribution < 1.29 is 23.6 Å². The number of benzene rings is 1. The summed E-state index contributed by atoms with van der Waals surface area (Å²) in [6, 6.07) is 7.89. The summed E-state index contributed by atoms with van der Waals surface area (Å²) in [5.41, 5.74) is 4.65. The Morgan fingerprint density at radius 1 is 1.11 bits per heavy atom. The van der Waals surface area contributed by atoms with E-state index >= 15 is 0 Å². The molecule has 1 aliphatic carbocycles. The van der Waals surface area contributed by atoms with Gasteiger partial charge < -0.3 is 19.0 Å². The van der Waals surface area contributed by atoms with Gasteiger partial charge in [0.05, 0.1) is 30.2 Å². The standard InChI is InChI=1S/C27H39BN4O5/c1-17(2)32(31-25(34)35-7)24(33)21-11-9-8-10-20(21)23-29-16-22(30-23)18-12-14-19(15-13-18)28-36-26(3,4)27(5,6)37-28/h12-17,20-21H,8-11H2,1-7H3,(H,29,30)(H,31,34)/t20-,21?/m0/s1. The highest BCUT2D eigenvalue weighted by molar-refractivity contribution is 6.62. The summed E-state index contributed by atoms with van der Waals surface area (Å²) < 4.78 is 17.1. The van der Waals surface area contributed by atoms with E-state index in [4.69, 9.17) is 14.0 Å². The Hall–Kier alpha value is -2.85. The quantitative estimate of drug-likeness (QED) is 0.463. The Bertz CT molecular complexity index is 1100. The number of nitrogens with one attached hydrogen (secondary N) is 2. The van der Waals surface area contributed by atoms with Crippen LogP contribution < -0.4 is 10.9 Å². The largest absolute Gasteiger partial charge is 0.494 e. The number of carbonyl (C=O) groups is 2. The monoisotopic (exact) mass is 510 g/mol. The van der Waals surface area contributed by atoms with Crippen molar-refractivity contribution in [1.29, 1.82) is 0 Å². The Kier molecular flexibility index (Phi) is 7.71. The van der Waals surface area contributed by atoms with Gasteiger partial charge in [-0.15, -0.1) is 0 Å². The SMILES string of the molecule is COC(=O)NN(C(=O)C1CCCC[C@@H]1c1ncc(-c2ccc(B3OC(C)(C)C(C)(C)O3)cc2)[nH]1)C(C)C. The molecule has 1 aromatic carbocycles. The van der Waals surface area contributed by atoms with Crippen molar-refractivity contribution in [2.75, 3.05) is 7.11 Å². The van der Waals surface area contributed by atoms with Crippen LogP contribution in [0, 0.1) is 5.92 Å². The molecule has 2 aliphatic rings. The van der Waals surface area contributed by atoms with E-state index in [-0.39, 0.29) is 35.0 Å². The number of hydrogen-bond acceptors (Lipinski definition) is 6. The van der Waals surface area contributed by atoms with Gasteiger partial charge in [-0.2, -0.15) is 0 Å². The Morgan fingerprint density at radius 3 is 2.32 bits per heavy atom. The van der Waals surface area contributed by atoms with Crippen LogP contribution in [0.15, 0.2) is 30.5 Å². The average molecular weight is 510 g/mol. The number of ether oxygens (including phenoxy) is 1. The maximum absolute atomic E-state index is 13.5. The molecule has 2 aromatic rings. The number of nitrogens with zero attached hydrogens (tertiary/aromatic N) is 2. The fourth-order valence-electron chi connectivity index (χ4n) is 4.99. The number of methoxy groups -OCH3 is 1. The van der Waals surface area contributed by atoms with E-state index < -0.39 is 13.2 Å². The number of imidazole rings is 1. The Balaban J connectivity index is 1.51. The molecule has 37 heavy (non-hydrogen) atoms. The first-order chi connectivity index (χ1) is 17.4. The Morgan fingerprint density at radius 2 is 1.73 bits per heavy atom. The molecular formula is C27H39BN4O5. The minimum atomic E-state index is -0.654. The highest BCUT2D eigenvalue weighted by atomic mass is 16.7. The molecule has 200 valence electrons. The zero-order valence-corrected chi connectivity index (χ0v) is 23.0. The van der Waals surface area contributed by atoms with Gasteiger partial charge in [-0.25, -0.2) is 20.2 Å². The lowest BCUT2D eigenvalue weighted by atomic mass is 9.78. The van der Waals surface area contributed by atoms with Crippen LogP contribution in [0.2, 0.25) is 0 Å². The van der Waals surface area contributed by atoms with E-state index in [1.54, 1.807) is 0 Å². The van der Waals surface area contributed by atoms with Crippen LogP contribution in [0.4, 0.5) is 4.79 Å². The molecule has 1 saturated carbocycles. The highest BCUT2D eigenvalue weighted by Gasteiger charge is 2.51. The van der Waals surface area contributed by atoms with E-state index in [1.165, 1.54) is 12.1 Å². The van der Waals surface area contributed by atoms with Gasteiger partial charge >= 0.3 is 13.2 Å². The van der Waals surface area contributed by atoms with Gasteiger partial charge in [0.2, 0.25) is 5.91 Å². The number of carbonyl (C=O) groups excluding carboxylic acids is 2. The van der Waals surface area contributed by atoms with Crippen molar-refractivity contribution in [2.24, 2.45) is 5.92 Å². The van der Waals surface area contributed by atoms with E-state index in [0.717, 1.165) is 48.2 Å². The molecule has 2 atom stereocenters. The summed E-state index contributed by atoms with van der Waals surface area (Å²) in [4.78, 5) is 33.5. The molecule has 2 N–H and O–H groups in total. The molecule has 1 aromatic heterocycles.